The standard InChI is InChI=1S/C33H40N8O6/c1-19(28(42)29(34)43)36-31(45)26-16-22(41-27(17-35-39-41)33(2,3)47)18-40(26)32(46)25(15-20-9-5-4-6-10-20)38-30(44)24-14-13-21-11-7-8-12-23(21)37-24/h7-8,11-14,17,19-20,22,26,47H,4-6,9-10,15-16,18H2,1-3H3,(H2,34,43)(H,36,45)/t19?,22-,26-/m0/s1. The number of pyridine rings is 1. The van der Waals surface area contributed by atoms with Crippen molar-refractivity contribution in [3.8, 4) is 0 Å². The molecule has 14 nitrogen and oxygen atoms in total. The second kappa shape index (κ2) is 13.9. The van der Waals surface area contributed by atoms with E-state index >= 15 is 0 Å². The smallest absolute Gasteiger partial charge is 0.296 e. The molecule has 47 heavy (non-hydrogen) atoms. The van der Waals surface area contributed by atoms with Crippen LogP contribution in [0.3, 0.4) is 0 Å². The van der Waals surface area contributed by atoms with E-state index in [4.69, 9.17) is 5.73 Å². The molecule has 3 aromatic rings. The molecule has 2 aliphatic rings. The highest BCUT2D eigenvalue weighted by atomic mass is 16.3. The van der Waals surface area contributed by atoms with Crippen molar-refractivity contribution in [3.05, 3.63) is 54.0 Å². The van der Waals surface area contributed by atoms with Crippen LogP contribution < -0.4 is 11.1 Å². The molecule has 0 bridgehead atoms. The largest absolute Gasteiger partial charge is 0.384 e. The first kappa shape index (κ1) is 33.5. The first-order valence-electron chi connectivity index (χ1n) is 15.9. The zero-order valence-electron chi connectivity index (χ0n) is 26.8. The number of aliphatic imine (C=N–C) groups is 1. The minimum absolute atomic E-state index is 0.0119. The Kier molecular flexibility index (Phi) is 9.89. The number of hydrogen-bond acceptors (Lipinski definition) is 9. The highest BCUT2D eigenvalue weighted by Crippen LogP contribution is 2.33. The molecule has 1 saturated carbocycles. The normalized spacial score (nSPS) is 19.8. The first-order valence-corrected chi connectivity index (χ1v) is 15.9. The molecule has 248 valence electrons. The summed E-state index contributed by atoms with van der Waals surface area (Å²) in [5, 5.41) is 22.2. The van der Waals surface area contributed by atoms with Crippen LogP contribution in [0, 0.1) is 5.92 Å². The van der Waals surface area contributed by atoms with E-state index in [1.165, 1.54) is 22.7 Å². The Morgan fingerprint density at radius 1 is 1.09 bits per heavy atom. The maximum atomic E-state index is 14.4. The summed E-state index contributed by atoms with van der Waals surface area (Å²) in [5.41, 5.74) is 4.90. The van der Waals surface area contributed by atoms with Gasteiger partial charge in [-0.2, -0.15) is 0 Å². The van der Waals surface area contributed by atoms with Crippen molar-refractivity contribution in [2.45, 2.75) is 89.4 Å². The Morgan fingerprint density at radius 2 is 1.81 bits per heavy atom. The number of carbonyl (C=O) groups excluding carboxylic acids is 5. The van der Waals surface area contributed by atoms with Gasteiger partial charge < -0.3 is 21.1 Å². The lowest BCUT2D eigenvalue weighted by Crippen LogP contribution is -2.52. The van der Waals surface area contributed by atoms with E-state index in [0.29, 0.717) is 11.2 Å². The number of rotatable bonds is 10. The highest BCUT2D eigenvalue weighted by Gasteiger charge is 2.44. The van der Waals surface area contributed by atoms with E-state index in [0.717, 1.165) is 37.5 Å². The number of aliphatic hydroxyl groups is 1. The molecule has 0 spiro atoms. The summed E-state index contributed by atoms with van der Waals surface area (Å²) in [7, 11) is 0. The van der Waals surface area contributed by atoms with Gasteiger partial charge in [-0.3, -0.25) is 24.0 Å². The van der Waals surface area contributed by atoms with E-state index in [1.807, 2.05) is 18.2 Å². The molecule has 1 aromatic carbocycles. The topological polar surface area (TPSA) is 203 Å². The van der Waals surface area contributed by atoms with Gasteiger partial charge >= 0.3 is 0 Å². The number of carbonyl (C=O) groups is 5. The average Bonchev–Trinajstić information content (AvgIpc) is 3.72. The maximum Gasteiger partial charge on any atom is 0.296 e. The third kappa shape index (κ3) is 7.59. The van der Waals surface area contributed by atoms with Gasteiger partial charge in [0.2, 0.25) is 11.7 Å². The molecule has 1 saturated heterocycles. The van der Waals surface area contributed by atoms with Crippen LogP contribution in [0.15, 0.2) is 47.6 Å². The fourth-order valence-electron chi connectivity index (χ4n) is 6.38. The molecule has 4 N–H and O–H groups in total. The van der Waals surface area contributed by atoms with E-state index < -0.39 is 53.1 Å². The van der Waals surface area contributed by atoms with E-state index in [-0.39, 0.29) is 36.7 Å². The Hall–Kier alpha value is -4.85. The molecule has 1 aliphatic heterocycles. The summed E-state index contributed by atoms with van der Waals surface area (Å²) in [6.45, 7) is 4.46. The van der Waals surface area contributed by atoms with Gasteiger partial charge in [0, 0.05) is 18.4 Å². The van der Waals surface area contributed by atoms with Crippen LogP contribution in [0.5, 0.6) is 0 Å². The summed E-state index contributed by atoms with van der Waals surface area (Å²) in [5.74, 6) is -4.03. The van der Waals surface area contributed by atoms with Crippen molar-refractivity contribution in [2.75, 3.05) is 6.54 Å². The molecule has 5 rings (SSSR count). The summed E-state index contributed by atoms with van der Waals surface area (Å²) in [4.78, 5) is 75.4. The number of aromatic nitrogens is 4. The molecule has 4 amide bonds. The molecule has 3 atom stereocenters. The van der Waals surface area contributed by atoms with Gasteiger partial charge in [-0.1, -0.05) is 61.6 Å². The van der Waals surface area contributed by atoms with Crippen LogP contribution in [0.2, 0.25) is 0 Å². The first-order chi connectivity index (χ1) is 22.3. The van der Waals surface area contributed by atoms with Crippen molar-refractivity contribution in [1.82, 2.24) is 30.2 Å². The quantitative estimate of drug-likeness (QED) is 0.218. The number of nitrogens with zero attached hydrogens (tertiary/aromatic N) is 6. The number of likely N-dealkylation sites (tertiary alicyclic amines) is 1. The Balaban J connectivity index is 1.50. The van der Waals surface area contributed by atoms with Gasteiger partial charge in [0.1, 0.15) is 23.0 Å². The lowest BCUT2D eigenvalue weighted by Gasteiger charge is -2.27. The average molecular weight is 645 g/mol. The van der Waals surface area contributed by atoms with Crippen LogP contribution in [0.1, 0.15) is 87.9 Å². The number of para-hydroxylation sites is 1. The zero-order chi connectivity index (χ0) is 33.9. The van der Waals surface area contributed by atoms with Crippen LogP contribution in [-0.4, -0.2) is 83.7 Å². The van der Waals surface area contributed by atoms with Gasteiger partial charge in [0.15, 0.2) is 0 Å². The van der Waals surface area contributed by atoms with Crippen LogP contribution in [0.25, 0.3) is 10.9 Å². The highest BCUT2D eigenvalue weighted by molar-refractivity contribution is 6.41. The van der Waals surface area contributed by atoms with Crippen LogP contribution >= 0.6 is 0 Å². The molecule has 1 aliphatic carbocycles. The fourth-order valence-corrected chi connectivity index (χ4v) is 6.38. The number of Topliss-reactive ketones (excluding diaryl/α,β-unsaturated/α-hetero) is 1. The van der Waals surface area contributed by atoms with Gasteiger partial charge in [-0.15, -0.1) is 5.10 Å². The van der Waals surface area contributed by atoms with Crippen molar-refractivity contribution >= 4 is 46.0 Å². The number of nitrogens with one attached hydrogen (secondary N) is 1. The predicted octanol–water partition coefficient (Wildman–Crippen LogP) is 2.01. The van der Waals surface area contributed by atoms with E-state index in [2.05, 4.69) is 25.6 Å². The third-order valence-corrected chi connectivity index (χ3v) is 8.89. The number of hydrogen-bond donors (Lipinski definition) is 3. The lowest BCUT2D eigenvalue weighted by atomic mass is 9.85. The minimum atomic E-state index is -1.33. The molecule has 1 unspecified atom stereocenters. The van der Waals surface area contributed by atoms with Crippen molar-refractivity contribution in [2.24, 2.45) is 16.6 Å². The minimum Gasteiger partial charge on any atom is -0.384 e. The third-order valence-electron chi connectivity index (χ3n) is 8.89. The SMILES string of the molecule is CC(NC(=O)[C@@H]1C[C@H](n2nncc2C(C)(C)O)CN1C(=O)C(CC1CCCCC1)=NC(=O)c1ccc2ccccc2n1)C(=O)C(N)=O. The Bertz CT molecular complexity index is 1720. The number of primary amides is 1. The number of amides is 4. The van der Waals surface area contributed by atoms with Gasteiger partial charge in [0.05, 0.1) is 29.5 Å². The predicted molar refractivity (Wildman–Crippen MR) is 171 cm³/mol. The van der Waals surface area contributed by atoms with Crippen molar-refractivity contribution in [1.29, 1.82) is 0 Å². The maximum absolute atomic E-state index is 14.4. The van der Waals surface area contributed by atoms with Crippen LogP contribution in [0.4, 0.5) is 0 Å². The molecule has 0 radical (unpaired) electrons. The fraction of sp³-hybridized carbons (Fsp3) is 0.485. The summed E-state index contributed by atoms with van der Waals surface area (Å²) < 4.78 is 1.48. The number of benzene rings is 1. The number of fused-ring (bicyclic) bond motifs is 1. The second-order valence-corrected chi connectivity index (χ2v) is 12.9. The van der Waals surface area contributed by atoms with E-state index in [9.17, 15) is 29.1 Å². The zero-order valence-corrected chi connectivity index (χ0v) is 26.8. The Morgan fingerprint density at radius 3 is 2.51 bits per heavy atom. The summed E-state index contributed by atoms with van der Waals surface area (Å²) >= 11 is 0. The Labute approximate surface area is 271 Å². The van der Waals surface area contributed by atoms with Crippen molar-refractivity contribution < 1.29 is 29.1 Å². The molecule has 3 heterocycles. The van der Waals surface area contributed by atoms with Gasteiger partial charge in [-0.25, -0.2) is 14.7 Å². The molecule has 2 aromatic heterocycles. The molecular weight excluding hydrogens is 604 g/mol. The van der Waals surface area contributed by atoms with E-state index in [1.54, 1.807) is 32.0 Å². The molecular formula is C33H40N8O6. The number of ketones is 1. The van der Waals surface area contributed by atoms with Gasteiger partial charge in [-0.05, 0) is 45.2 Å². The monoisotopic (exact) mass is 644 g/mol. The van der Waals surface area contributed by atoms with Crippen molar-refractivity contribution in [3.63, 3.8) is 0 Å². The summed E-state index contributed by atoms with van der Waals surface area (Å²) in [6.07, 6.45) is 6.56. The lowest BCUT2D eigenvalue weighted by molar-refractivity contribution is -0.139. The summed E-state index contributed by atoms with van der Waals surface area (Å²) in [6, 6.07) is 7.74. The molecule has 2 fully saturated rings. The number of nitrogens with two attached hydrogens (primary N) is 1. The van der Waals surface area contributed by atoms with Gasteiger partial charge in [0.25, 0.3) is 17.7 Å². The van der Waals surface area contributed by atoms with Crippen LogP contribution in [-0.2, 0) is 24.8 Å². The molecule has 14 heteroatoms. The second-order valence-electron chi connectivity index (χ2n) is 12.9.